The normalized spacial score (nSPS) is 10.1. The summed E-state index contributed by atoms with van der Waals surface area (Å²) in [5.74, 6) is 0. The average Bonchev–Trinajstić information content (AvgIpc) is 2.16. The number of pyridine rings is 1. The highest BCUT2D eigenvalue weighted by atomic mass is 32.1. The quantitative estimate of drug-likeness (QED) is 0.766. The molecule has 0 bridgehead atoms. The number of rotatable bonds is 3. The second kappa shape index (κ2) is 5.66. The van der Waals surface area contributed by atoms with Crippen LogP contribution < -0.4 is 10.6 Å². The molecule has 4 heteroatoms. The number of nitrogens with one attached hydrogen (secondary N) is 2. The van der Waals surface area contributed by atoms with E-state index in [1.54, 1.807) is 0 Å². The first-order chi connectivity index (χ1) is 7.08. The Morgan fingerprint density at radius 1 is 1.47 bits per heavy atom. The predicted molar refractivity (Wildman–Crippen MR) is 66.7 cm³/mol. The van der Waals surface area contributed by atoms with Crippen molar-refractivity contribution in [1.82, 2.24) is 15.6 Å². The van der Waals surface area contributed by atoms with E-state index in [0.717, 1.165) is 11.3 Å². The van der Waals surface area contributed by atoms with Gasteiger partial charge in [-0.1, -0.05) is 6.07 Å². The minimum Gasteiger partial charge on any atom is -0.361 e. The molecule has 0 amide bonds. The van der Waals surface area contributed by atoms with E-state index in [-0.39, 0.29) is 0 Å². The third kappa shape index (κ3) is 4.74. The van der Waals surface area contributed by atoms with Gasteiger partial charge in [-0.05, 0) is 44.6 Å². The van der Waals surface area contributed by atoms with Gasteiger partial charge in [0.05, 0.1) is 0 Å². The van der Waals surface area contributed by atoms with Crippen LogP contribution in [0.4, 0.5) is 0 Å². The molecule has 0 atom stereocenters. The predicted octanol–water partition coefficient (Wildman–Crippen LogP) is 1.76. The lowest BCUT2D eigenvalue weighted by atomic mass is 10.2. The Bertz CT molecular complexity index is 319. The highest BCUT2D eigenvalue weighted by Gasteiger charge is 1.98. The van der Waals surface area contributed by atoms with Gasteiger partial charge in [0.15, 0.2) is 5.11 Å². The smallest absolute Gasteiger partial charge is 0.166 e. The number of hydrogen-bond donors (Lipinski definition) is 2. The average molecular weight is 223 g/mol. The Morgan fingerprint density at radius 2 is 2.20 bits per heavy atom. The van der Waals surface area contributed by atoms with Crippen LogP contribution in [0.1, 0.15) is 25.1 Å². The number of hydrogen-bond acceptors (Lipinski definition) is 2. The SMILES string of the molecule is Cc1ccc(CNC(=S)NC(C)C)cn1. The van der Waals surface area contributed by atoms with Crippen molar-refractivity contribution in [3.8, 4) is 0 Å². The maximum atomic E-state index is 5.11. The highest BCUT2D eigenvalue weighted by molar-refractivity contribution is 7.80. The van der Waals surface area contributed by atoms with Gasteiger partial charge in [-0.2, -0.15) is 0 Å². The van der Waals surface area contributed by atoms with Gasteiger partial charge in [0.25, 0.3) is 0 Å². The van der Waals surface area contributed by atoms with Gasteiger partial charge in [-0.25, -0.2) is 0 Å². The zero-order chi connectivity index (χ0) is 11.3. The number of aromatic nitrogens is 1. The number of aryl methyl sites for hydroxylation is 1. The Balaban J connectivity index is 2.37. The van der Waals surface area contributed by atoms with Crippen molar-refractivity contribution in [3.05, 3.63) is 29.6 Å². The van der Waals surface area contributed by atoms with E-state index < -0.39 is 0 Å². The molecule has 3 nitrogen and oxygen atoms in total. The van der Waals surface area contributed by atoms with E-state index in [1.165, 1.54) is 0 Å². The van der Waals surface area contributed by atoms with Crippen LogP contribution in [-0.4, -0.2) is 16.1 Å². The molecule has 1 heterocycles. The summed E-state index contributed by atoms with van der Waals surface area (Å²) in [4.78, 5) is 4.21. The highest BCUT2D eigenvalue weighted by Crippen LogP contribution is 1.98. The van der Waals surface area contributed by atoms with Crippen molar-refractivity contribution in [2.45, 2.75) is 33.4 Å². The summed E-state index contributed by atoms with van der Waals surface area (Å²) in [5.41, 5.74) is 2.16. The van der Waals surface area contributed by atoms with Crippen molar-refractivity contribution < 1.29 is 0 Å². The van der Waals surface area contributed by atoms with Gasteiger partial charge in [-0.3, -0.25) is 4.98 Å². The maximum absolute atomic E-state index is 5.11. The molecule has 0 aliphatic carbocycles. The maximum Gasteiger partial charge on any atom is 0.166 e. The fourth-order valence-corrected chi connectivity index (χ4v) is 1.41. The van der Waals surface area contributed by atoms with E-state index in [2.05, 4.69) is 29.5 Å². The fourth-order valence-electron chi connectivity index (χ4n) is 1.10. The van der Waals surface area contributed by atoms with Crippen molar-refractivity contribution in [3.63, 3.8) is 0 Å². The third-order valence-corrected chi connectivity index (χ3v) is 2.11. The van der Waals surface area contributed by atoms with Gasteiger partial charge in [-0.15, -0.1) is 0 Å². The topological polar surface area (TPSA) is 37.0 Å². The van der Waals surface area contributed by atoms with E-state index in [4.69, 9.17) is 12.2 Å². The summed E-state index contributed by atoms with van der Waals surface area (Å²) >= 11 is 5.11. The summed E-state index contributed by atoms with van der Waals surface area (Å²) in [7, 11) is 0. The lowest BCUT2D eigenvalue weighted by Gasteiger charge is -2.12. The molecule has 0 aliphatic rings. The van der Waals surface area contributed by atoms with Crippen molar-refractivity contribution in [1.29, 1.82) is 0 Å². The molecule has 0 spiro atoms. The van der Waals surface area contributed by atoms with Crippen molar-refractivity contribution >= 4 is 17.3 Å². The van der Waals surface area contributed by atoms with Gasteiger partial charge >= 0.3 is 0 Å². The third-order valence-electron chi connectivity index (χ3n) is 1.85. The first kappa shape index (κ1) is 11.9. The molecule has 0 saturated heterocycles. The fraction of sp³-hybridized carbons (Fsp3) is 0.455. The van der Waals surface area contributed by atoms with Crippen LogP contribution >= 0.6 is 12.2 Å². The van der Waals surface area contributed by atoms with Crippen LogP contribution in [0.5, 0.6) is 0 Å². The summed E-state index contributed by atoms with van der Waals surface area (Å²) in [6.07, 6.45) is 1.86. The molecule has 1 aromatic heterocycles. The molecule has 0 aliphatic heterocycles. The van der Waals surface area contributed by atoms with E-state index in [1.807, 2.05) is 25.3 Å². The van der Waals surface area contributed by atoms with Crippen LogP contribution in [0.2, 0.25) is 0 Å². The van der Waals surface area contributed by atoms with Gasteiger partial charge in [0, 0.05) is 24.5 Å². The van der Waals surface area contributed by atoms with Crippen LogP contribution in [-0.2, 0) is 6.54 Å². The summed E-state index contributed by atoms with van der Waals surface area (Å²) in [6.45, 7) is 6.80. The molecule has 0 unspecified atom stereocenters. The second-order valence-electron chi connectivity index (χ2n) is 3.79. The van der Waals surface area contributed by atoms with Crippen molar-refractivity contribution in [2.75, 3.05) is 0 Å². The molecular weight excluding hydrogens is 206 g/mol. The largest absolute Gasteiger partial charge is 0.361 e. The first-order valence-electron chi connectivity index (χ1n) is 5.04. The van der Waals surface area contributed by atoms with Crippen molar-refractivity contribution in [2.24, 2.45) is 0 Å². The lowest BCUT2D eigenvalue weighted by molar-refractivity contribution is 0.712. The Kier molecular flexibility index (Phi) is 4.49. The molecule has 1 rings (SSSR count). The Labute approximate surface area is 96.3 Å². The number of nitrogens with zero attached hydrogens (tertiary/aromatic N) is 1. The molecular formula is C11H17N3S. The molecule has 0 fully saturated rings. The Hall–Kier alpha value is -1.16. The van der Waals surface area contributed by atoms with Gasteiger partial charge < -0.3 is 10.6 Å². The molecule has 0 aromatic carbocycles. The van der Waals surface area contributed by atoms with Crippen LogP contribution in [0.25, 0.3) is 0 Å². The van der Waals surface area contributed by atoms with E-state index >= 15 is 0 Å². The summed E-state index contributed by atoms with van der Waals surface area (Å²) in [6, 6.07) is 4.41. The van der Waals surface area contributed by atoms with Crippen LogP contribution in [0.15, 0.2) is 18.3 Å². The molecule has 1 aromatic rings. The molecule has 2 N–H and O–H groups in total. The van der Waals surface area contributed by atoms with Crippen LogP contribution in [0.3, 0.4) is 0 Å². The monoisotopic (exact) mass is 223 g/mol. The van der Waals surface area contributed by atoms with Gasteiger partial charge in [0.1, 0.15) is 0 Å². The summed E-state index contributed by atoms with van der Waals surface area (Å²) < 4.78 is 0. The lowest BCUT2D eigenvalue weighted by Crippen LogP contribution is -2.38. The summed E-state index contributed by atoms with van der Waals surface area (Å²) in [5, 5.41) is 6.94. The zero-order valence-electron chi connectivity index (χ0n) is 9.37. The standard InChI is InChI=1S/C11H17N3S/c1-8(2)14-11(15)13-7-10-5-4-9(3)12-6-10/h4-6,8H,7H2,1-3H3,(H2,13,14,15). The van der Waals surface area contributed by atoms with Crippen LogP contribution in [0, 0.1) is 6.92 Å². The molecule has 0 radical (unpaired) electrons. The molecule has 0 saturated carbocycles. The first-order valence-corrected chi connectivity index (χ1v) is 5.44. The minimum atomic E-state index is 0.362. The molecule has 82 valence electrons. The van der Waals surface area contributed by atoms with Gasteiger partial charge in [0.2, 0.25) is 0 Å². The Morgan fingerprint density at radius 3 is 2.73 bits per heavy atom. The molecule has 15 heavy (non-hydrogen) atoms. The minimum absolute atomic E-state index is 0.362. The van der Waals surface area contributed by atoms with E-state index in [9.17, 15) is 0 Å². The number of thiocarbonyl (C=S) groups is 1. The van der Waals surface area contributed by atoms with E-state index in [0.29, 0.717) is 17.7 Å². The second-order valence-corrected chi connectivity index (χ2v) is 4.20. The zero-order valence-corrected chi connectivity index (χ0v) is 10.2.